The summed E-state index contributed by atoms with van der Waals surface area (Å²) in [7, 11) is -3.99. The van der Waals surface area contributed by atoms with E-state index in [2.05, 4.69) is 14.4 Å². The lowest BCUT2D eigenvalue weighted by atomic mass is 10.3. The molecule has 0 aliphatic rings. The minimum absolute atomic E-state index is 0.0231. The second-order valence-corrected chi connectivity index (χ2v) is 5.58. The number of benzene rings is 1. The van der Waals surface area contributed by atoms with Crippen LogP contribution in [0.4, 0.5) is 20.3 Å². The molecule has 1 aromatic carbocycles. The van der Waals surface area contributed by atoms with Crippen molar-refractivity contribution in [3.05, 3.63) is 42.6 Å². The lowest BCUT2D eigenvalue weighted by molar-refractivity contribution is -0.0493. The zero-order valence-electron chi connectivity index (χ0n) is 10.5. The Balaban J connectivity index is 2.33. The van der Waals surface area contributed by atoms with Crippen LogP contribution < -0.4 is 15.2 Å². The van der Waals surface area contributed by atoms with E-state index in [9.17, 15) is 17.2 Å². The molecule has 0 aliphatic carbocycles. The van der Waals surface area contributed by atoms with E-state index >= 15 is 0 Å². The summed E-state index contributed by atoms with van der Waals surface area (Å²) in [4.78, 5) is 3.54. The van der Waals surface area contributed by atoms with Crippen molar-refractivity contribution in [3.8, 4) is 5.75 Å². The summed E-state index contributed by atoms with van der Waals surface area (Å²) < 4.78 is 55.3. The zero-order valence-corrected chi connectivity index (χ0v) is 11.3. The van der Waals surface area contributed by atoms with Gasteiger partial charge in [-0.2, -0.15) is 8.78 Å². The summed E-state index contributed by atoms with van der Waals surface area (Å²) >= 11 is 0. The van der Waals surface area contributed by atoms with Crippen molar-refractivity contribution in [2.45, 2.75) is 11.5 Å². The molecule has 6 nitrogen and oxygen atoms in total. The minimum Gasteiger partial charge on any atom is -0.433 e. The van der Waals surface area contributed by atoms with E-state index < -0.39 is 16.6 Å². The Morgan fingerprint density at radius 3 is 2.62 bits per heavy atom. The van der Waals surface area contributed by atoms with Gasteiger partial charge in [-0.1, -0.05) is 12.1 Å². The van der Waals surface area contributed by atoms with E-state index in [0.717, 1.165) is 6.07 Å². The topological polar surface area (TPSA) is 94.3 Å². The van der Waals surface area contributed by atoms with E-state index in [1.54, 1.807) is 0 Å². The highest BCUT2D eigenvalue weighted by atomic mass is 32.2. The molecule has 9 heteroatoms. The maximum absolute atomic E-state index is 12.3. The number of nitrogens with one attached hydrogen (secondary N) is 1. The molecule has 2 rings (SSSR count). The first-order valence-corrected chi connectivity index (χ1v) is 7.15. The molecule has 0 bridgehead atoms. The quantitative estimate of drug-likeness (QED) is 0.881. The third-order valence-corrected chi connectivity index (χ3v) is 3.77. The number of para-hydroxylation sites is 2. The van der Waals surface area contributed by atoms with Crippen LogP contribution in [0.5, 0.6) is 5.75 Å². The number of aromatic nitrogens is 1. The van der Waals surface area contributed by atoms with Gasteiger partial charge in [-0.05, 0) is 18.2 Å². The van der Waals surface area contributed by atoms with Crippen molar-refractivity contribution < 1.29 is 21.9 Å². The van der Waals surface area contributed by atoms with Crippen LogP contribution in [-0.4, -0.2) is 20.0 Å². The predicted octanol–water partition coefficient (Wildman–Crippen LogP) is 2.07. The largest absolute Gasteiger partial charge is 0.433 e. The Hall–Kier alpha value is -2.42. The van der Waals surface area contributed by atoms with Crippen molar-refractivity contribution >= 4 is 21.5 Å². The summed E-state index contributed by atoms with van der Waals surface area (Å²) in [5.41, 5.74) is 5.31. The van der Waals surface area contributed by atoms with Gasteiger partial charge in [0.25, 0.3) is 10.0 Å². The lowest BCUT2D eigenvalue weighted by Crippen LogP contribution is -2.15. The SMILES string of the molecule is Nc1cc(S(=O)(=O)Nc2ccccc2OC(F)F)ccn1. The Morgan fingerprint density at radius 2 is 1.95 bits per heavy atom. The van der Waals surface area contributed by atoms with E-state index in [1.807, 2.05) is 0 Å². The van der Waals surface area contributed by atoms with Gasteiger partial charge in [0, 0.05) is 12.3 Å². The fourth-order valence-electron chi connectivity index (χ4n) is 1.55. The molecule has 3 N–H and O–H groups in total. The molecule has 1 aromatic heterocycles. The second-order valence-electron chi connectivity index (χ2n) is 3.90. The van der Waals surface area contributed by atoms with Crippen LogP contribution in [0.25, 0.3) is 0 Å². The Morgan fingerprint density at radius 1 is 1.24 bits per heavy atom. The summed E-state index contributed by atoms with van der Waals surface area (Å²) in [6.07, 6.45) is 1.23. The number of alkyl halides is 2. The van der Waals surface area contributed by atoms with Gasteiger partial charge in [0.2, 0.25) is 0 Å². The van der Waals surface area contributed by atoms with Crippen molar-refractivity contribution in [2.75, 3.05) is 10.5 Å². The van der Waals surface area contributed by atoms with Gasteiger partial charge < -0.3 is 10.5 Å². The Kier molecular flexibility index (Phi) is 4.22. The van der Waals surface area contributed by atoms with Crippen LogP contribution in [0, 0.1) is 0 Å². The number of ether oxygens (including phenoxy) is 1. The first-order valence-electron chi connectivity index (χ1n) is 5.67. The molecule has 0 unspecified atom stereocenters. The lowest BCUT2D eigenvalue weighted by Gasteiger charge is -2.13. The molecule has 0 amide bonds. The number of pyridine rings is 1. The van der Waals surface area contributed by atoms with E-state index in [0.29, 0.717) is 0 Å². The second kappa shape index (κ2) is 5.92. The molecule has 0 saturated heterocycles. The molecule has 0 spiro atoms. The molecule has 0 fully saturated rings. The van der Waals surface area contributed by atoms with Gasteiger partial charge in [-0.3, -0.25) is 4.72 Å². The van der Waals surface area contributed by atoms with E-state index in [1.165, 1.54) is 36.5 Å². The first kappa shape index (κ1) is 15.0. The van der Waals surface area contributed by atoms with Crippen molar-refractivity contribution in [1.29, 1.82) is 0 Å². The van der Waals surface area contributed by atoms with Gasteiger partial charge in [0.15, 0.2) is 0 Å². The monoisotopic (exact) mass is 315 g/mol. The molecule has 21 heavy (non-hydrogen) atoms. The fraction of sp³-hybridized carbons (Fsp3) is 0.0833. The molecule has 0 saturated carbocycles. The van der Waals surface area contributed by atoms with Crippen LogP contribution in [0.3, 0.4) is 0 Å². The molecular weight excluding hydrogens is 304 g/mol. The van der Waals surface area contributed by atoms with Crippen LogP contribution in [-0.2, 0) is 10.0 Å². The van der Waals surface area contributed by atoms with Gasteiger partial charge in [0.1, 0.15) is 11.6 Å². The van der Waals surface area contributed by atoms with Crippen LogP contribution in [0.1, 0.15) is 0 Å². The molecule has 0 atom stereocenters. The van der Waals surface area contributed by atoms with Gasteiger partial charge in [-0.15, -0.1) is 0 Å². The van der Waals surface area contributed by atoms with Crippen LogP contribution in [0.15, 0.2) is 47.5 Å². The third kappa shape index (κ3) is 3.78. The van der Waals surface area contributed by atoms with Crippen LogP contribution in [0.2, 0.25) is 0 Å². The first-order chi connectivity index (χ1) is 9.88. The molecule has 112 valence electrons. The van der Waals surface area contributed by atoms with E-state index in [-0.39, 0.29) is 22.2 Å². The molecule has 0 radical (unpaired) electrons. The zero-order chi connectivity index (χ0) is 15.5. The minimum atomic E-state index is -3.99. The number of nitrogen functional groups attached to an aromatic ring is 1. The number of nitrogens with zero attached hydrogens (tertiary/aromatic N) is 1. The highest BCUT2D eigenvalue weighted by Gasteiger charge is 2.18. The Bertz CT molecular complexity index is 738. The number of hydrogen-bond donors (Lipinski definition) is 2. The number of anilines is 2. The summed E-state index contributed by atoms with van der Waals surface area (Å²) in [5.74, 6) is -0.256. The highest BCUT2D eigenvalue weighted by molar-refractivity contribution is 7.92. The summed E-state index contributed by atoms with van der Waals surface area (Å²) in [6, 6.07) is 7.84. The number of sulfonamides is 1. The predicted molar refractivity (Wildman–Crippen MR) is 72.5 cm³/mol. The number of nitrogens with two attached hydrogens (primary N) is 1. The average Bonchev–Trinajstić information content (AvgIpc) is 2.40. The summed E-state index contributed by atoms with van der Waals surface area (Å²) in [6.45, 7) is -3.06. The number of rotatable bonds is 5. The number of halogens is 2. The van der Waals surface area contributed by atoms with Gasteiger partial charge in [-0.25, -0.2) is 13.4 Å². The highest BCUT2D eigenvalue weighted by Crippen LogP contribution is 2.28. The molecule has 2 aromatic rings. The smallest absolute Gasteiger partial charge is 0.387 e. The van der Waals surface area contributed by atoms with Crippen molar-refractivity contribution in [3.63, 3.8) is 0 Å². The normalized spacial score (nSPS) is 11.4. The third-order valence-electron chi connectivity index (χ3n) is 2.41. The van der Waals surface area contributed by atoms with Crippen molar-refractivity contribution in [2.24, 2.45) is 0 Å². The van der Waals surface area contributed by atoms with Gasteiger partial charge >= 0.3 is 6.61 Å². The molecule has 1 heterocycles. The Labute approximate surface area is 119 Å². The van der Waals surface area contributed by atoms with Gasteiger partial charge in [0.05, 0.1) is 10.6 Å². The van der Waals surface area contributed by atoms with Crippen molar-refractivity contribution in [1.82, 2.24) is 4.98 Å². The number of hydrogen-bond acceptors (Lipinski definition) is 5. The maximum atomic E-state index is 12.3. The fourth-order valence-corrected chi connectivity index (χ4v) is 2.64. The molecular formula is C12H11F2N3O3S. The van der Waals surface area contributed by atoms with Crippen LogP contribution >= 0.6 is 0 Å². The standard InChI is InChI=1S/C12H11F2N3O3S/c13-12(14)20-10-4-2-1-3-9(10)17-21(18,19)8-5-6-16-11(15)7-8/h1-7,12,17H,(H2,15,16). The maximum Gasteiger partial charge on any atom is 0.387 e. The van der Waals surface area contributed by atoms with E-state index in [4.69, 9.17) is 5.73 Å². The average molecular weight is 315 g/mol. The molecule has 0 aliphatic heterocycles. The summed E-state index contributed by atoms with van der Waals surface area (Å²) in [5, 5.41) is 0.